The van der Waals surface area contributed by atoms with Crippen molar-refractivity contribution in [2.24, 2.45) is 0 Å². The van der Waals surface area contributed by atoms with E-state index in [1.807, 2.05) is 35.7 Å². The van der Waals surface area contributed by atoms with E-state index in [9.17, 15) is 4.79 Å². The van der Waals surface area contributed by atoms with Crippen LogP contribution in [0.1, 0.15) is 39.4 Å². The summed E-state index contributed by atoms with van der Waals surface area (Å²) in [7, 11) is 0. The Morgan fingerprint density at radius 2 is 2.00 bits per heavy atom. The van der Waals surface area contributed by atoms with E-state index in [-0.39, 0.29) is 5.91 Å². The second-order valence-electron chi connectivity index (χ2n) is 6.71. The summed E-state index contributed by atoms with van der Waals surface area (Å²) in [6, 6.07) is 12.2. The zero-order valence-electron chi connectivity index (χ0n) is 15.2. The molecule has 0 saturated heterocycles. The minimum absolute atomic E-state index is 0.0296. The quantitative estimate of drug-likeness (QED) is 0.394. The van der Waals surface area contributed by atoms with Gasteiger partial charge in [0.1, 0.15) is 0 Å². The number of carbonyl (C=O) groups is 1. The van der Waals surface area contributed by atoms with Gasteiger partial charge in [0.05, 0.1) is 10.6 Å². The van der Waals surface area contributed by atoms with E-state index in [1.165, 1.54) is 41.0 Å². The molecule has 0 radical (unpaired) electrons. The van der Waals surface area contributed by atoms with E-state index < -0.39 is 0 Å². The van der Waals surface area contributed by atoms with Crippen molar-refractivity contribution in [3.05, 3.63) is 69.8 Å². The van der Waals surface area contributed by atoms with Gasteiger partial charge in [-0.05, 0) is 37.3 Å². The molecule has 4 rings (SSSR count). The highest BCUT2D eigenvalue weighted by Gasteiger charge is 2.23. The molecule has 5 heteroatoms. The molecule has 0 saturated carbocycles. The summed E-state index contributed by atoms with van der Waals surface area (Å²) in [4.78, 5) is 21.9. The minimum atomic E-state index is 0.0296. The van der Waals surface area contributed by atoms with Crippen molar-refractivity contribution in [2.75, 3.05) is 11.4 Å². The molecule has 2 heterocycles. The van der Waals surface area contributed by atoms with Crippen molar-refractivity contribution >= 4 is 33.7 Å². The van der Waals surface area contributed by atoms with Crippen LogP contribution in [0.15, 0.2) is 54.4 Å². The number of hydrogen-bond donors (Lipinski definition) is 0. The predicted octanol–water partition coefficient (Wildman–Crippen LogP) is 5.97. The monoisotopic (exact) mass is 394 g/mol. The number of fused-ring (bicyclic) bond motifs is 1. The number of carbonyl (C=O) groups excluding carboxylic acids is 1. The topological polar surface area (TPSA) is 33.2 Å². The number of rotatable bonds is 5. The Kier molecular flexibility index (Phi) is 5.50. The lowest BCUT2D eigenvalue weighted by Gasteiger charge is -2.17. The van der Waals surface area contributed by atoms with Crippen LogP contribution in [0.3, 0.4) is 0 Å². The summed E-state index contributed by atoms with van der Waals surface area (Å²) in [6.45, 7) is 4.29. The first-order valence-corrected chi connectivity index (χ1v) is 11.0. The first kappa shape index (κ1) is 18.1. The number of amides is 1. The molecule has 3 nitrogen and oxygen atoms in total. The lowest BCUT2D eigenvalue weighted by atomic mass is 10.1. The van der Waals surface area contributed by atoms with E-state index in [1.54, 1.807) is 22.3 Å². The summed E-state index contributed by atoms with van der Waals surface area (Å²) in [6.07, 6.45) is 7.69. The number of nitrogens with zero attached hydrogens (tertiary/aromatic N) is 2. The van der Waals surface area contributed by atoms with Crippen LogP contribution in [0.25, 0.3) is 11.3 Å². The van der Waals surface area contributed by atoms with Crippen LogP contribution in [0, 0.1) is 0 Å². The molecule has 0 aliphatic heterocycles. The maximum atomic E-state index is 13.2. The van der Waals surface area contributed by atoms with Gasteiger partial charge in [0.25, 0.3) is 5.91 Å². The SMILES string of the molecule is C=CCN(C(=O)c1cc2c(s1)CCCCC2)c1nc(-c2ccccc2)cs1. The van der Waals surface area contributed by atoms with E-state index in [4.69, 9.17) is 4.98 Å². The van der Waals surface area contributed by atoms with Crippen molar-refractivity contribution in [3.63, 3.8) is 0 Å². The van der Waals surface area contributed by atoms with Crippen molar-refractivity contribution in [1.29, 1.82) is 0 Å². The Morgan fingerprint density at radius 3 is 2.81 bits per heavy atom. The van der Waals surface area contributed by atoms with Gasteiger partial charge in [-0.25, -0.2) is 4.98 Å². The summed E-state index contributed by atoms with van der Waals surface area (Å²) < 4.78 is 0. The highest BCUT2D eigenvalue weighted by molar-refractivity contribution is 7.15. The van der Waals surface area contributed by atoms with Crippen molar-refractivity contribution < 1.29 is 4.79 Å². The maximum Gasteiger partial charge on any atom is 0.270 e. The number of benzene rings is 1. The Morgan fingerprint density at radius 1 is 1.19 bits per heavy atom. The van der Waals surface area contributed by atoms with Crippen molar-refractivity contribution in [1.82, 2.24) is 4.98 Å². The maximum absolute atomic E-state index is 13.2. The lowest BCUT2D eigenvalue weighted by molar-refractivity contribution is 0.0993. The van der Waals surface area contributed by atoms with Crippen LogP contribution in [-0.2, 0) is 12.8 Å². The number of thiophene rings is 1. The Hall–Kier alpha value is -2.24. The molecule has 2 aromatic heterocycles. The normalized spacial score (nSPS) is 13.6. The summed E-state index contributed by atoms with van der Waals surface area (Å²) in [5.41, 5.74) is 3.33. The molecule has 3 aromatic rings. The molecule has 1 aromatic carbocycles. The third-order valence-corrected chi connectivity index (χ3v) is 6.90. The van der Waals surface area contributed by atoms with Gasteiger partial charge in [-0.3, -0.25) is 9.69 Å². The number of thiazole rings is 1. The van der Waals surface area contributed by atoms with Crippen LogP contribution >= 0.6 is 22.7 Å². The fourth-order valence-electron chi connectivity index (χ4n) is 3.41. The molecular weight excluding hydrogens is 372 g/mol. The minimum Gasteiger partial charge on any atom is -0.279 e. The van der Waals surface area contributed by atoms with Crippen LogP contribution in [0.2, 0.25) is 0 Å². The van der Waals surface area contributed by atoms with Gasteiger partial charge in [-0.2, -0.15) is 0 Å². The number of aryl methyl sites for hydroxylation is 2. The summed E-state index contributed by atoms with van der Waals surface area (Å²) in [5, 5.41) is 2.74. The smallest absolute Gasteiger partial charge is 0.270 e. The number of aromatic nitrogens is 1. The fourth-order valence-corrected chi connectivity index (χ4v) is 5.46. The van der Waals surface area contributed by atoms with Gasteiger partial charge >= 0.3 is 0 Å². The molecule has 0 bridgehead atoms. The van der Waals surface area contributed by atoms with Crippen LogP contribution in [0.4, 0.5) is 5.13 Å². The summed E-state index contributed by atoms with van der Waals surface area (Å²) in [5.74, 6) is 0.0296. The fraction of sp³-hybridized carbons (Fsp3) is 0.273. The average molecular weight is 395 g/mol. The van der Waals surface area contributed by atoms with Gasteiger partial charge in [0.2, 0.25) is 0 Å². The molecule has 0 unspecified atom stereocenters. The van der Waals surface area contributed by atoms with E-state index >= 15 is 0 Å². The molecule has 27 heavy (non-hydrogen) atoms. The first-order valence-electron chi connectivity index (χ1n) is 9.31. The first-order chi connectivity index (χ1) is 13.3. The predicted molar refractivity (Wildman–Crippen MR) is 115 cm³/mol. The second-order valence-corrected chi connectivity index (χ2v) is 8.68. The van der Waals surface area contributed by atoms with E-state index in [0.717, 1.165) is 34.1 Å². The third-order valence-electron chi connectivity index (χ3n) is 4.81. The van der Waals surface area contributed by atoms with E-state index in [2.05, 4.69) is 12.6 Å². The molecule has 0 fully saturated rings. The number of hydrogen-bond acceptors (Lipinski definition) is 4. The van der Waals surface area contributed by atoms with Crippen LogP contribution in [-0.4, -0.2) is 17.4 Å². The summed E-state index contributed by atoms with van der Waals surface area (Å²) >= 11 is 3.16. The Bertz CT molecular complexity index is 919. The molecular formula is C22H22N2OS2. The van der Waals surface area contributed by atoms with Crippen LogP contribution in [0.5, 0.6) is 0 Å². The van der Waals surface area contributed by atoms with Gasteiger partial charge in [-0.1, -0.05) is 42.8 Å². The standard InChI is InChI=1S/C22H22N2OS2/c1-2-13-24(22-23-18(15-26-22)16-9-5-3-6-10-16)21(25)20-14-17-11-7-4-8-12-19(17)27-20/h2-3,5-6,9-10,14-15H,1,4,7-8,11-13H2. The molecule has 0 N–H and O–H groups in total. The number of anilines is 1. The molecule has 138 valence electrons. The zero-order chi connectivity index (χ0) is 18.6. The van der Waals surface area contributed by atoms with Crippen molar-refractivity contribution in [3.8, 4) is 11.3 Å². The van der Waals surface area contributed by atoms with E-state index in [0.29, 0.717) is 6.54 Å². The van der Waals surface area contributed by atoms with Crippen molar-refractivity contribution in [2.45, 2.75) is 32.1 Å². The van der Waals surface area contributed by atoms with Gasteiger partial charge in [0.15, 0.2) is 5.13 Å². The largest absolute Gasteiger partial charge is 0.279 e. The Labute approximate surface area is 168 Å². The molecule has 0 atom stereocenters. The van der Waals surface area contributed by atoms with Crippen LogP contribution < -0.4 is 4.90 Å². The molecule has 1 aliphatic rings. The highest BCUT2D eigenvalue weighted by Crippen LogP contribution is 2.32. The Balaban J connectivity index is 1.62. The molecule has 0 spiro atoms. The van der Waals surface area contributed by atoms with Gasteiger partial charge in [0, 0.05) is 22.4 Å². The third kappa shape index (κ3) is 3.89. The van der Waals surface area contributed by atoms with Gasteiger partial charge in [-0.15, -0.1) is 29.3 Å². The second kappa shape index (κ2) is 8.19. The zero-order valence-corrected chi connectivity index (χ0v) is 16.8. The lowest BCUT2D eigenvalue weighted by Crippen LogP contribution is -2.30. The van der Waals surface area contributed by atoms with Gasteiger partial charge < -0.3 is 0 Å². The highest BCUT2D eigenvalue weighted by atomic mass is 32.1. The molecule has 1 aliphatic carbocycles. The average Bonchev–Trinajstić information content (AvgIpc) is 3.29. The molecule has 1 amide bonds.